The number of hydrogen-bond donors (Lipinski definition) is 1. The molecule has 1 N–H and O–H groups in total. The van der Waals surface area contributed by atoms with Gasteiger partial charge in [0.15, 0.2) is 0 Å². The predicted octanol–water partition coefficient (Wildman–Crippen LogP) is 3.19. The summed E-state index contributed by atoms with van der Waals surface area (Å²) in [6, 6.07) is 7.07. The molecule has 1 aromatic carbocycles. The van der Waals surface area contributed by atoms with Gasteiger partial charge in [-0.1, -0.05) is 6.07 Å². The third kappa shape index (κ3) is 3.27. The third-order valence-corrected chi connectivity index (χ3v) is 3.90. The lowest BCUT2D eigenvalue weighted by molar-refractivity contribution is -0.120. The number of aromatic nitrogens is 2. The van der Waals surface area contributed by atoms with E-state index in [4.69, 9.17) is 0 Å². The molecular weight excluding hydrogens is 312 g/mol. The molecule has 4 nitrogen and oxygen atoms in total. The highest BCUT2D eigenvalue weighted by Crippen LogP contribution is 2.20. The van der Waals surface area contributed by atoms with Crippen molar-refractivity contribution in [3.05, 3.63) is 65.5 Å². The molecule has 0 saturated carbocycles. The second kappa shape index (κ2) is 6.78. The highest BCUT2D eigenvalue weighted by Gasteiger charge is 2.12. The number of aryl methyl sites for hydroxylation is 1. The summed E-state index contributed by atoms with van der Waals surface area (Å²) in [6.07, 6.45) is 3.81. The molecule has 0 unspecified atom stereocenters. The number of rotatable bonds is 5. The van der Waals surface area contributed by atoms with E-state index in [0.717, 1.165) is 29.2 Å². The molecule has 3 rings (SSSR count). The summed E-state index contributed by atoms with van der Waals surface area (Å²) >= 11 is 0. The Labute approximate surface area is 138 Å². The van der Waals surface area contributed by atoms with E-state index in [-0.39, 0.29) is 24.4 Å². The van der Waals surface area contributed by atoms with Crippen LogP contribution in [0.4, 0.5) is 8.78 Å². The number of nitrogens with zero attached hydrogens (tertiary/aromatic N) is 2. The fourth-order valence-electron chi connectivity index (χ4n) is 2.67. The molecular formula is C18H17F2N3O. The minimum absolute atomic E-state index is 0.0234. The lowest BCUT2D eigenvalue weighted by atomic mass is 10.1. The third-order valence-electron chi connectivity index (χ3n) is 3.90. The summed E-state index contributed by atoms with van der Waals surface area (Å²) in [5.41, 5.74) is 1.96. The van der Waals surface area contributed by atoms with Crippen molar-refractivity contribution < 1.29 is 13.6 Å². The molecule has 0 saturated heterocycles. The van der Waals surface area contributed by atoms with Crippen molar-refractivity contribution in [2.45, 2.75) is 26.4 Å². The first-order valence-electron chi connectivity index (χ1n) is 7.72. The van der Waals surface area contributed by atoms with Crippen molar-refractivity contribution in [2.75, 3.05) is 0 Å². The average Bonchev–Trinajstić information content (AvgIpc) is 2.92. The Morgan fingerprint density at radius 3 is 2.83 bits per heavy atom. The van der Waals surface area contributed by atoms with Gasteiger partial charge in [0.05, 0.1) is 6.42 Å². The van der Waals surface area contributed by atoms with E-state index in [2.05, 4.69) is 10.3 Å². The minimum Gasteiger partial charge on any atom is -0.352 e. The monoisotopic (exact) mass is 329 g/mol. The van der Waals surface area contributed by atoms with Crippen LogP contribution in [0.25, 0.3) is 11.0 Å². The highest BCUT2D eigenvalue weighted by molar-refractivity contribution is 5.87. The van der Waals surface area contributed by atoms with Crippen molar-refractivity contribution in [3.63, 3.8) is 0 Å². The van der Waals surface area contributed by atoms with Crippen LogP contribution in [0.2, 0.25) is 0 Å². The van der Waals surface area contributed by atoms with E-state index in [1.54, 1.807) is 6.20 Å². The van der Waals surface area contributed by atoms with Gasteiger partial charge < -0.3 is 9.88 Å². The predicted molar refractivity (Wildman–Crippen MR) is 87.3 cm³/mol. The fraction of sp³-hybridized carbons (Fsp3) is 0.222. The van der Waals surface area contributed by atoms with Gasteiger partial charge in [0.25, 0.3) is 0 Å². The van der Waals surface area contributed by atoms with Crippen LogP contribution in [0.15, 0.2) is 42.7 Å². The van der Waals surface area contributed by atoms with Crippen molar-refractivity contribution in [1.29, 1.82) is 0 Å². The van der Waals surface area contributed by atoms with Gasteiger partial charge in [-0.05, 0) is 30.7 Å². The van der Waals surface area contributed by atoms with Crippen LogP contribution in [0, 0.1) is 11.6 Å². The number of halogens is 2. The van der Waals surface area contributed by atoms with Crippen LogP contribution in [0.3, 0.4) is 0 Å². The van der Waals surface area contributed by atoms with Gasteiger partial charge in [-0.15, -0.1) is 0 Å². The van der Waals surface area contributed by atoms with Crippen LogP contribution in [0.5, 0.6) is 0 Å². The Kier molecular flexibility index (Phi) is 4.55. The maximum Gasteiger partial charge on any atom is 0.224 e. The molecule has 0 fully saturated rings. The number of carbonyl (C=O) groups is 1. The number of benzene rings is 1. The molecule has 2 aromatic heterocycles. The van der Waals surface area contributed by atoms with Crippen LogP contribution in [-0.4, -0.2) is 15.5 Å². The summed E-state index contributed by atoms with van der Waals surface area (Å²) < 4.78 is 28.4. The van der Waals surface area contributed by atoms with Crippen molar-refractivity contribution in [3.8, 4) is 0 Å². The lowest BCUT2D eigenvalue weighted by Gasteiger charge is -2.06. The Balaban J connectivity index is 1.71. The highest BCUT2D eigenvalue weighted by atomic mass is 19.1. The van der Waals surface area contributed by atoms with Crippen LogP contribution >= 0.6 is 0 Å². The minimum atomic E-state index is -0.665. The van der Waals surface area contributed by atoms with Crippen LogP contribution in [0.1, 0.15) is 18.1 Å². The van der Waals surface area contributed by atoms with E-state index >= 15 is 0 Å². The molecule has 24 heavy (non-hydrogen) atoms. The molecule has 0 radical (unpaired) electrons. The summed E-state index contributed by atoms with van der Waals surface area (Å²) in [7, 11) is 0. The largest absolute Gasteiger partial charge is 0.352 e. The van der Waals surface area contributed by atoms with Gasteiger partial charge in [-0.25, -0.2) is 13.8 Å². The molecule has 0 spiro atoms. The number of amides is 1. The van der Waals surface area contributed by atoms with E-state index in [0.29, 0.717) is 0 Å². The average molecular weight is 329 g/mol. The fourth-order valence-corrected chi connectivity index (χ4v) is 2.67. The molecule has 0 atom stereocenters. The maximum atomic E-state index is 13.6. The van der Waals surface area contributed by atoms with Gasteiger partial charge >= 0.3 is 0 Å². The zero-order valence-electron chi connectivity index (χ0n) is 13.2. The number of hydrogen-bond acceptors (Lipinski definition) is 2. The smallest absolute Gasteiger partial charge is 0.224 e. The van der Waals surface area contributed by atoms with Gasteiger partial charge in [-0.3, -0.25) is 4.79 Å². The molecule has 2 heterocycles. The molecule has 124 valence electrons. The van der Waals surface area contributed by atoms with Crippen molar-refractivity contribution in [2.24, 2.45) is 0 Å². The number of carbonyl (C=O) groups excluding carboxylic acids is 1. The van der Waals surface area contributed by atoms with Crippen molar-refractivity contribution in [1.82, 2.24) is 14.9 Å². The zero-order valence-corrected chi connectivity index (χ0v) is 13.2. The number of pyridine rings is 1. The topological polar surface area (TPSA) is 46.9 Å². The van der Waals surface area contributed by atoms with E-state index < -0.39 is 11.6 Å². The second-order valence-electron chi connectivity index (χ2n) is 5.50. The first kappa shape index (κ1) is 16.1. The number of nitrogens with one attached hydrogen (secondary N) is 1. The summed E-state index contributed by atoms with van der Waals surface area (Å²) in [4.78, 5) is 16.5. The summed E-state index contributed by atoms with van der Waals surface area (Å²) in [5, 5.41) is 3.60. The van der Waals surface area contributed by atoms with E-state index in [1.807, 2.05) is 29.8 Å². The molecule has 0 aliphatic heterocycles. The Hall–Kier alpha value is -2.76. The SMILES string of the molecule is CCn1cc(CC(=O)NCc2ccc(F)cc2F)c2cccnc21. The maximum absolute atomic E-state index is 13.6. The molecule has 1 amide bonds. The van der Waals surface area contributed by atoms with E-state index in [1.165, 1.54) is 12.1 Å². The Bertz CT molecular complexity index is 889. The van der Waals surface area contributed by atoms with Gasteiger partial charge in [0.1, 0.15) is 17.3 Å². The van der Waals surface area contributed by atoms with Gasteiger partial charge in [0, 0.05) is 42.5 Å². The van der Waals surface area contributed by atoms with Crippen molar-refractivity contribution >= 4 is 16.9 Å². The Morgan fingerprint density at radius 2 is 2.08 bits per heavy atom. The molecule has 0 aliphatic rings. The van der Waals surface area contributed by atoms with E-state index in [9.17, 15) is 13.6 Å². The first-order valence-corrected chi connectivity index (χ1v) is 7.72. The summed E-state index contributed by atoms with van der Waals surface area (Å²) in [6.45, 7) is 2.79. The molecule has 0 aliphatic carbocycles. The number of fused-ring (bicyclic) bond motifs is 1. The quantitative estimate of drug-likeness (QED) is 0.781. The molecule has 0 bridgehead atoms. The summed E-state index contributed by atoms with van der Waals surface area (Å²) in [5.74, 6) is -1.53. The molecule has 3 aromatic rings. The van der Waals surface area contributed by atoms with Crippen LogP contribution in [-0.2, 0) is 24.3 Å². The first-order chi connectivity index (χ1) is 11.6. The lowest BCUT2D eigenvalue weighted by Crippen LogP contribution is -2.25. The standard InChI is InChI=1S/C18H17F2N3O/c1-2-23-11-13(15-4-3-7-21-18(15)23)8-17(24)22-10-12-5-6-14(19)9-16(12)20/h3-7,9,11H,2,8,10H2,1H3,(H,22,24). The zero-order chi connectivity index (χ0) is 17.1. The molecule has 6 heteroatoms. The second-order valence-corrected chi connectivity index (χ2v) is 5.50. The Morgan fingerprint density at radius 1 is 1.25 bits per heavy atom. The van der Waals surface area contributed by atoms with Gasteiger partial charge in [-0.2, -0.15) is 0 Å². The normalized spacial score (nSPS) is 11.0. The van der Waals surface area contributed by atoms with Gasteiger partial charge in [0.2, 0.25) is 5.91 Å². The van der Waals surface area contributed by atoms with Crippen LogP contribution < -0.4 is 5.32 Å².